The summed E-state index contributed by atoms with van der Waals surface area (Å²) in [5.74, 6) is -1.80. The van der Waals surface area contributed by atoms with Gasteiger partial charge in [-0.15, -0.1) is 0 Å². The van der Waals surface area contributed by atoms with Gasteiger partial charge in [-0.25, -0.2) is 0 Å². The van der Waals surface area contributed by atoms with E-state index in [4.69, 9.17) is 0 Å². The van der Waals surface area contributed by atoms with Gasteiger partial charge in [-0.05, 0) is 33.1 Å². The standard InChI is InChI=1S/C13H24O6/c1-13(2,17)6-5-10(14)7-9(12(16)19-4)8-11(15)18-3/h9-10,14,17H,5-8H2,1-4H3/t9-,10?/m1/s1. The summed E-state index contributed by atoms with van der Waals surface area (Å²) in [5.41, 5.74) is -0.871. The van der Waals surface area contributed by atoms with Crippen molar-refractivity contribution in [2.24, 2.45) is 5.92 Å². The molecular weight excluding hydrogens is 252 g/mol. The highest BCUT2D eigenvalue weighted by molar-refractivity contribution is 5.79. The highest BCUT2D eigenvalue weighted by Gasteiger charge is 2.27. The van der Waals surface area contributed by atoms with E-state index in [0.29, 0.717) is 12.8 Å². The number of methoxy groups -OCH3 is 2. The number of carbonyl (C=O) groups excluding carboxylic acids is 2. The van der Waals surface area contributed by atoms with E-state index in [2.05, 4.69) is 9.47 Å². The molecule has 0 saturated heterocycles. The number of aliphatic hydroxyl groups excluding tert-OH is 1. The Morgan fingerprint density at radius 3 is 2.21 bits per heavy atom. The van der Waals surface area contributed by atoms with E-state index >= 15 is 0 Å². The zero-order valence-electron chi connectivity index (χ0n) is 12.0. The molecule has 112 valence electrons. The summed E-state index contributed by atoms with van der Waals surface area (Å²) in [6, 6.07) is 0. The van der Waals surface area contributed by atoms with Gasteiger partial charge in [0, 0.05) is 0 Å². The largest absolute Gasteiger partial charge is 0.469 e. The van der Waals surface area contributed by atoms with E-state index < -0.39 is 29.6 Å². The van der Waals surface area contributed by atoms with Gasteiger partial charge in [0.15, 0.2) is 0 Å². The summed E-state index contributed by atoms with van der Waals surface area (Å²) in [4.78, 5) is 22.7. The number of carbonyl (C=O) groups is 2. The van der Waals surface area contributed by atoms with Crippen LogP contribution in [-0.4, -0.2) is 48.1 Å². The zero-order valence-corrected chi connectivity index (χ0v) is 12.0. The monoisotopic (exact) mass is 276 g/mol. The summed E-state index contributed by atoms with van der Waals surface area (Å²) in [7, 11) is 2.47. The van der Waals surface area contributed by atoms with Crippen LogP contribution < -0.4 is 0 Å². The molecule has 0 aliphatic rings. The molecule has 0 heterocycles. The first-order valence-electron chi connectivity index (χ1n) is 6.24. The maximum absolute atomic E-state index is 11.5. The molecule has 0 aromatic heterocycles. The molecule has 0 aliphatic carbocycles. The van der Waals surface area contributed by atoms with Crippen molar-refractivity contribution in [3.8, 4) is 0 Å². The molecule has 0 aromatic carbocycles. The number of hydrogen-bond acceptors (Lipinski definition) is 6. The van der Waals surface area contributed by atoms with E-state index in [1.807, 2.05) is 0 Å². The lowest BCUT2D eigenvalue weighted by atomic mass is 9.93. The Balaban J connectivity index is 4.38. The van der Waals surface area contributed by atoms with Crippen LogP contribution in [0.5, 0.6) is 0 Å². The molecule has 1 unspecified atom stereocenters. The Kier molecular flexibility index (Phi) is 7.63. The number of aliphatic hydroxyl groups is 2. The molecule has 19 heavy (non-hydrogen) atoms. The van der Waals surface area contributed by atoms with Crippen molar-refractivity contribution in [3.05, 3.63) is 0 Å². The predicted molar refractivity (Wildman–Crippen MR) is 68.3 cm³/mol. The fourth-order valence-corrected chi connectivity index (χ4v) is 1.68. The Labute approximate surface area is 113 Å². The average molecular weight is 276 g/mol. The zero-order chi connectivity index (χ0) is 15.1. The molecule has 2 N–H and O–H groups in total. The average Bonchev–Trinajstić information content (AvgIpc) is 2.33. The minimum absolute atomic E-state index is 0.109. The summed E-state index contributed by atoms with van der Waals surface area (Å²) in [5, 5.41) is 19.4. The lowest BCUT2D eigenvalue weighted by Gasteiger charge is -2.21. The quantitative estimate of drug-likeness (QED) is 0.632. The third kappa shape index (κ3) is 8.56. The number of esters is 2. The fourth-order valence-electron chi connectivity index (χ4n) is 1.68. The first kappa shape index (κ1) is 17.9. The van der Waals surface area contributed by atoms with Crippen LogP contribution in [0, 0.1) is 5.92 Å². The Morgan fingerprint density at radius 2 is 1.79 bits per heavy atom. The molecule has 6 nitrogen and oxygen atoms in total. The van der Waals surface area contributed by atoms with Gasteiger partial charge in [-0.1, -0.05) is 0 Å². The number of rotatable bonds is 8. The lowest BCUT2D eigenvalue weighted by molar-refractivity contribution is -0.153. The third-order valence-corrected chi connectivity index (χ3v) is 2.82. The van der Waals surface area contributed by atoms with Crippen molar-refractivity contribution in [1.82, 2.24) is 0 Å². The molecule has 0 spiro atoms. The number of ether oxygens (including phenoxy) is 2. The van der Waals surface area contributed by atoms with Crippen LogP contribution in [-0.2, 0) is 19.1 Å². The van der Waals surface area contributed by atoms with Crippen LogP contribution in [0.25, 0.3) is 0 Å². The maximum atomic E-state index is 11.5. The van der Waals surface area contributed by atoms with Gasteiger partial charge in [0.05, 0.1) is 38.3 Å². The van der Waals surface area contributed by atoms with Crippen molar-refractivity contribution in [1.29, 1.82) is 0 Å². The minimum atomic E-state index is -0.871. The minimum Gasteiger partial charge on any atom is -0.469 e. The van der Waals surface area contributed by atoms with E-state index in [1.54, 1.807) is 13.8 Å². The SMILES string of the molecule is COC(=O)C[C@@H](CC(O)CCC(C)(C)O)C(=O)OC. The molecule has 6 heteroatoms. The van der Waals surface area contributed by atoms with Crippen LogP contribution in [0.15, 0.2) is 0 Å². The van der Waals surface area contributed by atoms with E-state index in [-0.39, 0.29) is 12.8 Å². The second-order valence-corrected chi connectivity index (χ2v) is 5.24. The Bertz CT molecular complexity index is 294. The van der Waals surface area contributed by atoms with Crippen molar-refractivity contribution in [2.45, 2.75) is 51.2 Å². The van der Waals surface area contributed by atoms with Gasteiger partial charge < -0.3 is 19.7 Å². The molecule has 0 radical (unpaired) electrons. The molecule has 2 atom stereocenters. The molecule has 0 rings (SSSR count). The second kappa shape index (κ2) is 8.12. The summed E-state index contributed by atoms with van der Waals surface area (Å²) >= 11 is 0. The van der Waals surface area contributed by atoms with E-state index in [9.17, 15) is 19.8 Å². The molecule has 0 aliphatic heterocycles. The number of hydrogen-bond donors (Lipinski definition) is 2. The van der Waals surface area contributed by atoms with Crippen LogP contribution >= 0.6 is 0 Å². The smallest absolute Gasteiger partial charge is 0.309 e. The van der Waals surface area contributed by atoms with Crippen molar-refractivity contribution >= 4 is 11.9 Å². The summed E-state index contributed by atoms with van der Waals surface area (Å²) in [6.45, 7) is 3.29. The normalized spacial score (nSPS) is 14.6. The van der Waals surface area contributed by atoms with Crippen molar-refractivity contribution < 1.29 is 29.3 Å². The molecule has 0 amide bonds. The summed E-state index contributed by atoms with van der Waals surface area (Å²) < 4.78 is 9.10. The second-order valence-electron chi connectivity index (χ2n) is 5.24. The van der Waals surface area contributed by atoms with E-state index in [0.717, 1.165) is 0 Å². The Morgan fingerprint density at radius 1 is 1.21 bits per heavy atom. The van der Waals surface area contributed by atoms with Gasteiger partial charge in [-0.3, -0.25) is 9.59 Å². The highest BCUT2D eigenvalue weighted by Crippen LogP contribution is 2.20. The molecule has 0 saturated carbocycles. The van der Waals surface area contributed by atoms with Crippen molar-refractivity contribution in [2.75, 3.05) is 14.2 Å². The first-order valence-corrected chi connectivity index (χ1v) is 6.24. The van der Waals surface area contributed by atoms with Gasteiger partial charge in [-0.2, -0.15) is 0 Å². The van der Waals surface area contributed by atoms with Gasteiger partial charge in [0.2, 0.25) is 0 Å². The lowest BCUT2D eigenvalue weighted by Crippen LogP contribution is -2.27. The highest BCUT2D eigenvalue weighted by atomic mass is 16.5. The third-order valence-electron chi connectivity index (χ3n) is 2.82. The maximum Gasteiger partial charge on any atom is 0.309 e. The van der Waals surface area contributed by atoms with Crippen LogP contribution in [0.1, 0.15) is 39.5 Å². The predicted octanol–water partition coefficient (Wildman–Crippen LogP) is 0.641. The van der Waals surface area contributed by atoms with Gasteiger partial charge in [0.25, 0.3) is 0 Å². The van der Waals surface area contributed by atoms with Crippen LogP contribution in [0.3, 0.4) is 0 Å². The summed E-state index contributed by atoms with van der Waals surface area (Å²) in [6.07, 6.45) is -0.0424. The van der Waals surface area contributed by atoms with Crippen LogP contribution in [0.2, 0.25) is 0 Å². The van der Waals surface area contributed by atoms with Gasteiger partial charge in [0.1, 0.15) is 0 Å². The molecule has 0 bridgehead atoms. The molecule has 0 aromatic rings. The molecule has 0 fully saturated rings. The molecular formula is C13H24O6. The Hall–Kier alpha value is -1.14. The first-order chi connectivity index (χ1) is 8.69. The fraction of sp³-hybridized carbons (Fsp3) is 0.846. The van der Waals surface area contributed by atoms with Crippen LogP contribution in [0.4, 0.5) is 0 Å². The topological polar surface area (TPSA) is 93.1 Å². The van der Waals surface area contributed by atoms with Gasteiger partial charge >= 0.3 is 11.9 Å². The van der Waals surface area contributed by atoms with E-state index in [1.165, 1.54) is 14.2 Å². The van der Waals surface area contributed by atoms with Crippen molar-refractivity contribution in [3.63, 3.8) is 0 Å².